The summed E-state index contributed by atoms with van der Waals surface area (Å²) in [6.45, 7) is 2.61. The van der Waals surface area contributed by atoms with E-state index in [2.05, 4.69) is 41.3 Å². The van der Waals surface area contributed by atoms with Crippen molar-refractivity contribution in [3.8, 4) is 16.9 Å². The molecular weight excluding hydrogens is 302 g/mol. The van der Waals surface area contributed by atoms with E-state index in [1.54, 1.807) is 0 Å². The van der Waals surface area contributed by atoms with Gasteiger partial charge in [-0.05, 0) is 28.8 Å². The largest absolute Gasteiger partial charge is 0.489 e. The van der Waals surface area contributed by atoms with Gasteiger partial charge in [0.05, 0.1) is 5.92 Å². The Morgan fingerprint density at radius 1 is 1.12 bits per heavy atom. The molecule has 1 N–H and O–H groups in total. The first-order valence-corrected chi connectivity index (χ1v) is 8.16. The molecule has 0 aliphatic carbocycles. The van der Waals surface area contributed by atoms with Crippen LogP contribution >= 0.6 is 0 Å². The first-order chi connectivity index (χ1) is 11.7. The van der Waals surface area contributed by atoms with Gasteiger partial charge in [0.1, 0.15) is 12.4 Å². The Balaban J connectivity index is 1.47. The minimum atomic E-state index is -0.695. The highest BCUT2D eigenvalue weighted by atomic mass is 16.5. The van der Waals surface area contributed by atoms with Crippen LogP contribution in [0.3, 0.4) is 0 Å². The molecule has 2 aliphatic rings. The van der Waals surface area contributed by atoms with E-state index in [0.717, 1.165) is 23.4 Å². The normalized spacial score (nSPS) is 17.4. The summed E-state index contributed by atoms with van der Waals surface area (Å²) in [6.07, 6.45) is 2.17. The lowest BCUT2D eigenvalue weighted by atomic mass is 9.97. The van der Waals surface area contributed by atoms with Crippen molar-refractivity contribution in [2.75, 3.05) is 26.2 Å². The van der Waals surface area contributed by atoms with Crippen LogP contribution in [0, 0.1) is 5.92 Å². The fourth-order valence-electron chi connectivity index (χ4n) is 3.25. The van der Waals surface area contributed by atoms with E-state index in [-0.39, 0.29) is 5.92 Å². The molecule has 4 heteroatoms. The van der Waals surface area contributed by atoms with Crippen molar-refractivity contribution in [2.24, 2.45) is 5.92 Å². The Labute approximate surface area is 141 Å². The number of carboxylic acids is 1. The number of hydrogen-bond donors (Lipinski definition) is 1. The molecule has 4 rings (SSSR count). The maximum Gasteiger partial charge on any atom is 0.309 e. The van der Waals surface area contributed by atoms with E-state index in [4.69, 9.17) is 9.84 Å². The molecule has 24 heavy (non-hydrogen) atoms. The molecule has 2 aliphatic heterocycles. The summed E-state index contributed by atoms with van der Waals surface area (Å²) in [4.78, 5) is 13.0. The molecule has 2 aromatic carbocycles. The number of fused-ring (bicyclic) bond motifs is 1. The Kier molecular flexibility index (Phi) is 3.82. The quantitative estimate of drug-likeness (QED) is 0.940. The van der Waals surface area contributed by atoms with Crippen LogP contribution in [0.4, 0.5) is 0 Å². The number of likely N-dealkylation sites (tertiary alicyclic amines) is 1. The molecule has 0 saturated carbocycles. The fourth-order valence-corrected chi connectivity index (χ4v) is 3.25. The molecule has 2 aromatic rings. The van der Waals surface area contributed by atoms with Crippen molar-refractivity contribution in [1.29, 1.82) is 0 Å². The van der Waals surface area contributed by atoms with E-state index in [0.29, 0.717) is 19.7 Å². The predicted octanol–water partition coefficient (Wildman–Crippen LogP) is 3.15. The second kappa shape index (κ2) is 6.13. The second-order valence-electron chi connectivity index (χ2n) is 6.44. The first kappa shape index (κ1) is 15.0. The summed E-state index contributed by atoms with van der Waals surface area (Å²) in [5, 5.41) is 8.94. The van der Waals surface area contributed by atoms with Crippen LogP contribution in [-0.4, -0.2) is 42.2 Å². The number of benzene rings is 2. The molecule has 0 bridgehead atoms. The second-order valence-corrected chi connectivity index (χ2v) is 6.44. The van der Waals surface area contributed by atoms with Gasteiger partial charge in [-0.3, -0.25) is 9.69 Å². The molecular formula is C20H19NO3. The molecule has 0 amide bonds. The van der Waals surface area contributed by atoms with Gasteiger partial charge in [0.15, 0.2) is 0 Å². The van der Waals surface area contributed by atoms with Crippen molar-refractivity contribution in [3.05, 3.63) is 59.7 Å². The summed E-state index contributed by atoms with van der Waals surface area (Å²) in [7, 11) is 0. The number of aliphatic carboxylic acids is 1. The molecule has 4 nitrogen and oxygen atoms in total. The zero-order chi connectivity index (χ0) is 16.5. The maximum absolute atomic E-state index is 10.9. The van der Waals surface area contributed by atoms with E-state index in [9.17, 15) is 4.79 Å². The van der Waals surface area contributed by atoms with Crippen LogP contribution in [-0.2, 0) is 4.79 Å². The van der Waals surface area contributed by atoms with Crippen molar-refractivity contribution >= 4 is 12.0 Å². The first-order valence-electron chi connectivity index (χ1n) is 8.16. The van der Waals surface area contributed by atoms with Crippen LogP contribution in [0.2, 0.25) is 0 Å². The third kappa shape index (κ3) is 2.93. The average Bonchev–Trinajstić information content (AvgIpc) is 2.57. The molecule has 2 heterocycles. The zero-order valence-electron chi connectivity index (χ0n) is 13.3. The third-order valence-corrected chi connectivity index (χ3v) is 4.63. The molecule has 0 unspecified atom stereocenters. The Morgan fingerprint density at radius 3 is 2.67 bits per heavy atom. The summed E-state index contributed by atoms with van der Waals surface area (Å²) in [5.74, 6) is 0.00172. The highest BCUT2D eigenvalue weighted by Crippen LogP contribution is 2.32. The zero-order valence-corrected chi connectivity index (χ0v) is 13.3. The monoisotopic (exact) mass is 321 g/mol. The molecule has 1 saturated heterocycles. The Bertz CT molecular complexity index is 792. The Morgan fingerprint density at radius 2 is 1.92 bits per heavy atom. The lowest BCUT2D eigenvalue weighted by Gasteiger charge is -2.37. The van der Waals surface area contributed by atoms with Crippen LogP contribution in [0.1, 0.15) is 5.56 Å². The standard InChI is InChI=1S/C20H19NO3/c22-20(23)18-11-21(12-18)10-14-8-17-7-6-16(9-19(17)24-13-14)15-4-2-1-3-5-15/h1-9,18H,10-13H2,(H,22,23). The number of nitrogens with zero attached hydrogens (tertiary/aromatic N) is 1. The van der Waals surface area contributed by atoms with Gasteiger partial charge in [-0.2, -0.15) is 0 Å². The van der Waals surface area contributed by atoms with E-state index < -0.39 is 5.97 Å². The van der Waals surface area contributed by atoms with Crippen LogP contribution in [0.15, 0.2) is 54.1 Å². The van der Waals surface area contributed by atoms with Crippen molar-refractivity contribution in [3.63, 3.8) is 0 Å². The van der Waals surface area contributed by atoms with Gasteiger partial charge in [-0.1, -0.05) is 42.5 Å². The lowest BCUT2D eigenvalue weighted by molar-refractivity contribution is -0.147. The summed E-state index contributed by atoms with van der Waals surface area (Å²) < 4.78 is 5.93. The SMILES string of the molecule is O=C(O)C1CN(CC2=Cc3ccc(-c4ccccc4)cc3OC2)C1. The molecule has 0 atom stereocenters. The fraction of sp³-hybridized carbons (Fsp3) is 0.250. The topological polar surface area (TPSA) is 49.8 Å². The van der Waals surface area contributed by atoms with E-state index in [1.165, 1.54) is 11.1 Å². The minimum Gasteiger partial charge on any atom is -0.489 e. The van der Waals surface area contributed by atoms with Crippen LogP contribution in [0.25, 0.3) is 17.2 Å². The smallest absolute Gasteiger partial charge is 0.309 e. The molecule has 0 radical (unpaired) electrons. The minimum absolute atomic E-state index is 0.212. The van der Waals surface area contributed by atoms with Gasteiger partial charge < -0.3 is 9.84 Å². The van der Waals surface area contributed by atoms with Crippen molar-refractivity contribution in [1.82, 2.24) is 4.90 Å². The maximum atomic E-state index is 10.9. The van der Waals surface area contributed by atoms with E-state index >= 15 is 0 Å². The van der Waals surface area contributed by atoms with Crippen molar-refractivity contribution in [2.45, 2.75) is 0 Å². The number of ether oxygens (including phenoxy) is 1. The predicted molar refractivity (Wildman–Crippen MR) is 92.9 cm³/mol. The van der Waals surface area contributed by atoms with Gasteiger partial charge in [0.2, 0.25) is 0 Å². The van der Waals surface area contributed by atoms with Gasteiger partial charge in [0.25, 0.3) is 0 Å². The number of hydrogen-bond acceptors (Lipinski definition) is 3. The molecule has 1 fully saturated rings. The Hall–Kier alpha value is -2.59. The van der Waals surface area contributed by atoms with Gasteiger partial charge in [0, 0.05) is 25.2 Å². The van der Waals surface area contributed by atoms with Crippen LogP contribution < -0.4 is 4.74 Å². The van der Waals surface area contributed by atoms with Crippen LogP contribution in [0.5, 0.6) is 5.75 Å². The van der Waals surface area contributed by atoms with E-state index in [1.807, 2.05) is 18.2 Å². The van der Waals surface area contributed by atoms with Gasteiger partial charge in [-0.25, -0.2) is 0 Å². The van der Waals surface area contributed by atoms with Gasteiger partial charge in [-0.15, -0.1) is 0 Å². The summed E-state index contributed by atoms with van der Waals surface area (Å²) >= 11 is 0. The van der Waals surface area contributed by atoms with Crippen molar-refractivity contribution < 1.29 is 14.6 Å². The highest BCUT2D eigenvalue weighted by molar-refractivity contribution is 5.72. The molecule has 0 aromatic heterocycles. The number of carbonyl (C=O) groups is 1. The molecule has 0 spiro atoms. The third-order valence-electron chi connectivity index (χ3n) is 4.63. The lowest BCUT2D eigenvalue weighted by Crippen LogP contribution is -2.51. The number of carboxylic acid groups (broad SMARTS) is 1. The summed E-state index contributed by atoms with van der Waals surface area (Å²) in [5.41, 5.74) is 4.61. The highest BCUT2D eigenvalue weighted by Gasteiger charge is 2.32. The number of rotatable bonds is 4. The summed E-state index contributed by atoms with van der Waals surface area (Å²) in [6, 6.07) is 16.5. The van der Waals surface area contributed by atoms with Gasteiger partial charge >= 0.3 is 5.97 Å². The average molecular weight is 321 g/mol. The molecule has 122 valence electrons.